The van der Waals surface area contributed by atoms with Gasteiger partial charge in [0.2, 0.25) is 0 Å². The van der Waals surface area contributed by atoms with Crippen LogP contribution in [0.15, 0.2) is 54.1 Å². The van der Waals surface area contributed by atoms with Gasteiger partial charge in [-0.05, 0) is 64.9 Å². The van der Waals surface area contributed by atoms with Crippen molar-refractivity contribution in [2.24, 2.45) is 13.0 Å². The molecule has 1 aromatic heterocycles. The highest BCUT2D eigenvalue weighted by Crippen LogP contribution is 2.30. The number of methoxy groups -OCH3 is 1. The van der Waals surface area contributed by atoms with Crippen molar-refractivity contribution in [3.8, 4) is 17.3 Å². The number of carbonyl (C=O) groups is 1. The Morgan fingerprint density at radius 3 is 2.49 bits per heavy atom. The SMILES string of the molecule is COCCOCCOCCNC(=O)/C(C#N)=C/c1ccc(-c2ccc3cc(CCC4CCCCC4)ccc3c2)n1C. The average Bonchev–Trinajstić information content (AvgIpc) is 3.37. The summed E-state index contributed by atoms with van der Waals surface area (Å²) in [5, 5.41) is 14.8. The summed E-state index contributed by atoms with van der Waals surface area (Å²) in [6.45, 7) is 2.63. The summed E-state index contributed by atoms with van der Waals surface area (Å²) in [7, 11) is 3.58. The van der Waals surface area contributed by atoms with Gasteiger partial charge in [-0.15, -0.1) is 0 Å². The van der Waals surface area contributed by atoms with Gasteiger partial charge in [0.05, 0.1) is 33.0 Å². The number of rotatable bonds is 15. The molecule has 0 spiro atoms. The number of hydrogen-bond donors (Lipinski definition) is 1. The molecule has 7 heteroatoms. The molecule has 3 aromatic rings. The first-order valence-corrected chi connectivity index (χ1v) is 14.8. The van der Waals surface area contributed by atoms with E-state index in [4.69, 9.17) is 14.2 Å². The molecular weight excluding hydrogens is 514 g/mol. The lowest BCUT2D eigenvalue weighted by Crippen LogP contribution is -2.28. The minimum absolute atomic E-state index is 0.0555. The maximum atomic E-state index is 12.6. The van der Waals surface area contributed by atoms with E-state index in [1.807, 2.05) is 29.8 Å². The van der Waals surface area contributed by atoms with Crippen molar-refractivity contribution >= 4 is 22.8 Å². The molecule has 0 radical (unpaired) electrons. The van der Waals surface area contributed by atoms with Gasteiger partial charge in [-0.25, -0.2) is 0 Å². The standard InChI is InChI=1S/C34H43N3O4/c1-37-32(24-31(25-35)34(38)36-16-17-40-20-21-41-19-18-39-2)14-15-33(37)30-13-12-28-22-27(10-11-29(28)23-30)9-8-26-6-4-3-5-7-26/h10-15,22-24,26H,3-9,16-21H2,1-2H3,(H,36,38)/b31-24+. The average molecular weight is 558 g/mol. The van der Waals surface area contributed by atoms with Crippen LogP contribution >= 0.6 is 0 Å². The lowest BCUT2D eigenvalue weighted by Gasteiger charge is -2.21. The van der Waals surface area contributed by atoms with Crippen LogP contribution in [0.2, 0.25) is 0 Å². The molecule has 1 fully saturated rings. The van der Waals surface area contributed by atoms with Gasteiger partial charge in [0.25, 0.3) is 5.91 Å². The van der Waals surface area contributed by atoms with Crippen molar-refractivity contribution in [1.82, 2.24) is 9.88 Å². The lowest BCUT2D eigenvalue weighted by atomic mass is 9.85. The molecule has 7 nitrogen and oxygen atoms in total. The zero-order chi connectivity index (χ0) is 28.9. The summed E-state index contributed by atoms with van der Waals surface area (Å²) < 4.78 is 17.7. The molecule has 4 rings (SSSR count). The monoisotopic (exact) mass is 557 g/mol. The molecule has 2 aromatic carbocycles. The summed E-state index contributed by atoms with van der Waals surface area (Å²) in [5.41, 5.74) is 4.39. The third-order valence-electron chi connectivity index (χ3n) is 7.92. The molecule has 1 saturated carbocycles. The largest absolute Gasteiger partial charge is 0.382 e. The first-order valence-electron chi connectivity index (χ1n) is 14.8. The zero-order valence-corrected chi connectivity index (χ0v) is 24.5. The van der Waals surface area contributed by atoms with Crippen LogP contribution < -0.4 is 5.32 Å². The van der Waals surface area contributed by atoms with E-state index in [-0.39, 0.29) is 5.57 Å². The number of benzene rings is 2. The van der Waals surface area contributed by atoms with Gasteiger partial charge in [-0.1, -0.05) is 62.4 Å². The van der Waals surface area contributed by atoms with E-state index in [2.05, 4.69) is 41.7 Å². The molecular formula is C34H43N3O4. The second-order valence-electron chi connectivity index (χ2n) is 10.8. The zero-order valence-electron chi connectivity index (χ0n) is 24.5. The minimum Gasteiger partial charge on any atom is -0.382 e. The number of amides is 1. The number of aromatic nitrogens is 1. The van der Waals surface area contributed by atoms with E-state index in [1.54, 1.807) is 13.2 Å². The Labute approximate surface area is 244 Å². The Morgan fingerprint density at radius 1 is 0.976 bits per heavy atom. The number of hydrogen-bond acceptors (Lipinski definition) is 5. The van der Waals surface area contributed by atoms with Gasteiger partial charge in [-0.3, -0.25) is 4.79 Å². The summed E-state index contributed by atoms with van der Waals surface area (Å²) in [6, 6.07) is 19.4. The molecule has 1 heterocycles. The number of fused-ring (bicyclic) bond motifs is 1. The van der Waals surface area contributed by atoms with E-state index in [1.165, 1.54) is 54.9 Å². The van der Waals surface area contributed by atoms with Crippen LogP contribution in [0.3, 0.4) is 0 Å². The molecule has 0 unspecified atom stereocenters. The maximum Gasteiger partial charge on any atom is 0.262 e. The topological polar surface area (TPSA) is 85.5 Å². The van der Waals surface area contributed by atoms with Crippen LogP contribution in [0.5, 0.6) is 0 Å². The number of nitriles is 1. The van der Waals surface area contributed by atoms with Gasteiger partial charge < -0.3 is 24.1 Å². The number of nitrogens with one attached hydrogen (secondary N) is 1. The highest BCUT2D eigenvalue weighted by Gasteiger charge is 2.14. The number of nitrogens with zero attached hydrogens (tertiary/aromatic N) is 2. The second kappa shape index (κ2) is 16.1. The van der Waals surface area contributed by atoms with Crippen molar-refractivity contribution in [3.63, 3.8) is 0 Å². The predicted octanol–water partition coefficient (Wildman–Crippen LogP) is 6.06. The van der Waals surface area contributed by atoms with E-state index in [9.17, 15) is 10.1 Å². The maximum absolute atomic E-state index is 12.6. The Hall–Kier alpha value is -3.44. The molecule has 0 bridgehead atoms. The van der Waals surface area contributed by atoms with Crippen LogP contribution in [0.25, 0.3) is 28.1 Å². The molecule has 1 aliphatic rings. The summed E-state index contributed by atoms with van der Waals surface area (Å²) >= 11 is 0. The van der Waals surface area contributed by atoms with Crippen molar-refractivity contribution in [2.75, 3.05) is 46.7 Å². The Bertz CT molecular complexity index is 1350. The molecule has 1 amide bonds. The fourth-order valence-corrected chi connectivity index (χ4v) is 5.51. The third kappa shape index (κ3) is 9.02. The molecule has 0 saturated heterocycles. The second-order valence-corrected chi connectivity index (χ2v) is 10.8. The first kappa shape index (κ1) is 30.5. The van der Waals surface area contributed by atoms with Gasteiger partial charge in [0.15, 0.2) is 0 Å². The van der Waals surface area contributed by atoms with Gasteiger partial charge in [0.1, 0.15) is 11.6 Å². The number of aryl methyl sites for hydroxylation is 1. The van der Waals surface area contributed by atoms with Gasteiger partial charge in [-0.2, -0.15) is 5.26 Å². The lowest BCUT2D eigenvalue weighted by molar-refractivity contribution is -0.117. The van der Waals surface area contributed by atoms with E-state index >= 15 is 0 Å². The van der Waals surface area contributed by atoms with Crippen LogP contribution in [-0.4, -0.2) is 57.2 Å². The fourth-order valence-electron chi connectivity index (χ4n) is 5.51. The number of ether oxygens (including phenoxy) is 3. The minimum atomic E-state index is -0.416. The van der Waals surface area contributed by atoms with Crippen LogP contribution in [0.1, 0.15) is 49.8 Å². The van der Waals surface area contributed by atoms with E-state index < -0.39 is 5.91 Å². The summed E-state index contributed by atoms with van der Waals surface area (Å²) in [5.74, 6) is 0.478. The van der Waals surface area contributed by atoms with Crippen molar-refractivity contribution in [1.29, 1.82) is 5.26 Å². The van der Waals surface area contributed by atoms with Crippen molar-refractivity contribution in [3.05, 3.63) is 65.4 Å². The molecule has 0 atom stereocenters. The fraction of sp³-hybridized carbons (Fsp3) is 0.471. The predicted molar refractivity (Wildman–Crippen MR) is 163 cm³/mol. The van der Waals surface area contributed by atoms with Crippen LogP contribution in [-0.2, 0) is 32.5 Å². The molecule has 1 aliphatic carbocycles. The molecule has 0 aliphatic heterocycles. The van der Waals surface area contributed by atoms with Crippen LogP contribution in [0.4, 0.5) is 0 Å². The first-order chi connectivity index (χ1) is 20.1. The Balaban J connectivity index is 1.33. The molecule has 218 valence electrons. The Kier molecular flexibility index (Phi) is 12.0. The Morgan fingerprint density at radius 2 is 1.71 bits per heavy atom. The third-order valence-corrected chi connectivity index (χ3v) is 7.92. The highest BCUT2D eigenvalue weighted by atomic mass is 16.5. The normalized spacial score (nSPS) is 14.3. The van der Waals surface area contributed by atoms with Crippen molar-refractivity contribution < 1.29 is 19.0 Å². The van der Waals surface area contributed by atoms with Gasteiger partial charge >= 0.3 is 0 Å². The van der Waals surface area contributed by atoms with E-state index in [0.29, 0.717) is 39.6 Å². The summed E-state index contributed by atoms with van der Waals surface area (Å²) in [4.78, 5) is 12.6. The van der Waals surface area contributed by atoms with Crippen LogP contribution in [0, 0.1) is 17.2 Å². The highest BCUT2D eigenvalue weighted by molar-refractivity contribution is 6.01. The number of carbonyl (C=O) groups excluding carboxylic acids is 1. The molecule has 1 N–H and O–H groups in total. The quantitative estimate of drug-likeness (QED) is 0.139. The van der Waals surface area contributed by atoms with Gasteiger partial charge in [0, 0.05) is 32.1 Å². The smallest absolute Gasteiger partial charge is 0.262 e. The van der Waals surface area contributed by atoms with E-state index in [0.717, 1.165) is 29.3 Å². The van der Waals surface area contributed by atoms with Crippen molar-refractivity contribution in [2.45, 2.75) is 44.9 Å². The summed E-state index contributed by atoms with van der Waals surface area (Å²) in [6.07, 6.45) is 11.1. The molecule has 41 heavy (non-hydrogen) atoms.